The molecular weight excluding hydrogens is 959 g/mol. The van der Waals surface area contributed by atoms with Gasteiger partial charge in [0.1, 0.15) is 5.75 Å². The molecule has 10 rings (SSSR count). The average molecular weight is 1030 g/mol. The van der Waals surface area contributed by atoms with Crippen LogP contribution in [0.1, 0.15) is 72.2 Å². The number of fused-ring (bicyclic) bond motifs is 1. The maximum Gasteiger partial charge on any atom is 0.119 e. The van der Waals surface area contributed by atoms with E-state index in [2.05, 4.69) is 322 Å². The number of aryl methyl sites for hydroxylation is 4. The van der Waals surface area contributed by atoms with Gasteiger partial charge in [-0.2, -0.15) is 0 Å². The third kappa shape index (κ3) is 13.1. The zero-order valence-electron chi connectivity index (χ0n) is 46.1. The summed E-state index contributed by atoms with van der Waals surface area (Å²) < 4.78 is 5.95. The molecule has 0 N–H and O–H groups in total. The maximum atomic E-state index is 5.95. The van der Waals surface area contributed by atoms with E-state index in [4.69, 9.17) is 4.74 Å². The van der Waals surface area contributed by atoms with Crippen LogP contribution in [0.15, 0.2) is 255 Å². The highest BCUT2D eigenvalue weighted by molar-refractivity contribution is 5.89. The molecule has 0 saturated carbocycles. The van der Waals surface area contributed by atoms with Crippen LogP contribution in [0.2, 0.25) is 0 Å². The Labute approximate surface area is 468 Å². The molecule has 4 nitrogen and oxygen atoms in total. The second kappa shape index (κ2) is 25.6. The molecule has 4 heteroatoms. The highest BCUT2D eigenvalue weighted by atomic mass is 16.5. The Balaban J connectivity index is 0.827. The molecule has 0 aromatic heterocycles. The summed E-state index contributed by atoms with van der Waals surface area (Å²) in [5.41, 5.74) is 19.7. The van der Waals surface area contributed by atoms with Crippen molar-refractivity contribution in [3.05, 3.63) is 299 Å². The second-order valence-electron chi connectivity index (χ2n) is 19.8. The fourth-order valence-corrected chi connectivity index (χ4v) is 10.0. The molecule has 10 aromatic rings. The van der Waals surface area contributed by atoms with Crippen molar-refractivity contribution in [1.29, 1.82) is 0 Å². The minimum Gasteiger partial charge on any atom is -0.494 e. The summed E-state index contributed by atoms with van der Waals surface area (Å²) >= 11 is 0. The quantitative estimate of drug-likeness (QED) is 0.0708. The molecule has 10 aromatic carbocycles. The first-order valence-corrected chi connectivity index (χ1v) is 27.9. The fourth-order valence-electron chi connectivity index (χ4n) is 10.0. The number of benzene rings is 10. The number of hydrogen-bond acceptors (Lipinski definition) is 4. The van der Waals surface area contributed by atoms with E-state index in [0.29, 0.717) is 6.61 Å². The molecule has 0 bridgehead atoms. The molecule has 0 aliphatic carbocycles. The van der Waals surface area contributed by atoms with Gasteiger partial charge in [-0.05, 0) is 198 Å². The standard InChI is InChI=1S/C75H69N3O/c1-6-57-24-39-67(40-25-57)76(66-37-22-56(5)23-38-66)68-43-28-59(29-44-68)16-10-12-18-61-32-47-71(48-33-61)78(75-53-52-74(79-9-4)55-63(75)8-3)72-49-34-62(35-50-72)19-13-11-17-60-30-45-70(46-31-60)77(69-41-26-58(7-2)27-42-69)73-51-36-64-20-14-15-21-65(64)54-73/h10-55H,6-9H2,1-5H3/b16-10-,17-11+,18-12+,19-13+. The number of anilines is 9. The van der Waals surface area contributed by atoms with E-state index in [1.807, 2.05) is 6.92 Å². The first-order chi connectivity index (χ1) is 38.9. The molecule has 390 valence electrons. The number of nitrogens with zero attached hydrogens (tertiary/aromatic N) is 3. The van der Waals surface area contributed by atoms with Gasteiger partial charge in [0.15, 0.2) is 0 Å². The Morgan fingerprint density at radius 3 is 1.10 bits per heavy atom. The first-order valence-electron chi connectivity index (χ1n) is 27.9. The highest BCUT2D eigenvalue weighted by Gasteiger charge is 2.18. The van der Waals surface area contributed by atoms with Gasteiger partial charge in [0, 0.05) is 51.2 Å². The maximum absolute atomic E-state index is 5.95. The summed E-state index contributed by atoms with van der Waals surface area (Å²) in [6.45, 7) is 11.4. The van der Waals surface area contributed by atoms with Crippen molar-refractivity contribution in [1.82, 2.24) is 0 Å². The van der Waals surface area contributed by atoms with Gasteiger partial charge in [-0.3, -0.25) is 0 Å². The molecule has 79 heavy (non-hydrogen) atoms. The van der Waals surface area contributed by atoms with Gasteiger partial charge < -0.3 is 19.4 Å². The molecule has 0 spiro atoms. The van der Waals surface area contributed by atoms with Crippen LogP contribution in [-0.4, -0.2) is 6.61 Å². The van der Waals surface area contributed by atoms with Crippen molar-refractivity contribution < 1.29 is 4.74 Å². The molecule has 0 aliphatic rings. The normalized spacial score (nSPS) is 11.6. The van der Waals surface area contributed by atoms with Gasteiger partial charge in [0.05, 0.1) is 6.61 Å². The average Bonchev–Trinajstić information content (AvgIpc) is 3.53. The first kappa shape index (κ1) is 53.0. The van der Waals surface area contributed by atoms with Crippen molar-refractivity contribution in [3.63, 3.8) is 0 Å². The van der Waals surface area contributed by atoms with Gasteiger partial charge in [0.2, 0.25) is 0 Å². The van der Waals surface area contributed by atoms with Crippen LogP contribution in [0.25, 0.3) is 35.1 Å². The van der Waals surface area contributed by atoms with Crippen LogP contribution >= 0.6 is 0 Å². The molecule has 0 saturated heterocycles. The SMILES string of the molecule is CCOc1ccc(N(c2ccc(/C=C/C=C\c3ccc(N(c4ccc(C)cc4)c4ccc(CC)cc4)cc3)cc2)c2ccc(/C=C/C=C/c3ccc(N(c4ccc(CC)cc4)c4ccc5ccccc5c4)cc3)cc2)c(CC)c1. The molecule has 0 radical (unpaired) electrons. The monoisotopic (exact) mass is 1030 g/mol. The molecule has 0 fully saturated rings. The van der Waals surface area contributed by atoms with Crippen LogP contribution in [0, 0.1) is 6.92 Å². The van der Waals surface area contributed by atoms with Crippen LogP contribution in [0.5, 0.6) is 5.75 Å². The smallest absolute Gasteiger partial charge is 0.119 e. The third-order valence-corrected chi connectivity index (χ3v) is 14.5. The Bertz CT molecular complexity index is 3700. The number of ether oxygens (including phenoxy) is 1. The van der Waals surface area contributed by atoms with Gasteiger partial charge in [-0.15, -0.1) is 0 Å². The van der Waals surface area contributed by atoms with Crippen molar-refractivity contribution in [2.75, 3.05) is 21.3 Å². The van der Waals surface area contributed by atoms with Gasteiger partial charge in [0.25, 0.3) is 0 Å². The summed E-state index contributed by atoms with van der Waals surface area (Å²) in [6, 6.07) is 83.4. The lowest BCUT2D eigenvalue weighted by atomic mass is 10.1. The summed E-state index contributed by atoms with van der Waals surface area (Å²) in [4.78, 5) is 7.01. The predicted octanol–water partition coefficient (Wildman–Crippen LogP) is 21.1. The van der Waals surface area contributed by atoms with E-state index >= 15 is 0 Å². The summed E-state index contributed by atoms with van der Waals surface area (Å²) in [5.74, 6) is 0.888. The van der Waals surface area contributed by atoms with E-state index in [0.717, 1.165) is 98.5 Å². The van der Waals surface area contributed by atoms with Crippen LogP contribution < -0.4 is 19.4 Å². The van der Waals surface area contributed by atoms with E-state index in [1.165, 1.54) is 33.0 Å². The van der Waals surface area contributed by atoms with E-state index in [1.54, 1.807) is 0 Å². The largest absolute Gasteiger partial charge is 0.494 e. The second-order valence-corrected chi connectivity index (χ2v) is 19.8. The number of rotatable bonds is 20. The minimum absolute atomic E-state index is 0.626. The zero-order chi connectivity index (χ0) is 54.3. The van der Waals surface area contributed by atoms with Gasteiger partial charge in [-0.25, -0.2) is 0 Å². The van der Waals surface area contributed by atoms with E-state index < -0.39 is 0 Å². The van der Waals surface area contributed by atoms with E-state index in [-0.39, 0.29) is 0 Å². The number of allylic oxidation sites excluding steroid dienone is 4. The lowest BCUT2D eigenvalue weighted by molar-refractivity contribution is 0.340. The molecule has 0 heterocycles. The topological polar surface area (TPSA) is 19.0 Å². The van der Waals surface area contributed by atoms with Crippen LogP contribution in [-0.2, 0) is 19.3 Å². The molecule has 0 amide bonds. The van der Waals surface area contributed by atoms with Crippen molar-refractivity contribution >= 4 is 86.3 Å². The third-order valence-electron chi connectivity index (χ3n) is 14.5. The summed E-state index contributed by atoms with van der Waals surface area (Å²) in [6.07, 6.45) is 20.0. The molecular formula is C75H69N3O. The Hall–Kier alpha value is -9.38. The van der Waals surface area contributed by atoms with E-state index in [9.17, 15) is 0 Å². The van der Waals surface area contributed by atoms with Gasteiger partial charge >= 0.3 is 0 Å². The molecule has 0 atom stereocenters. The lowest BCUT2D eigenvalue weighted by Crippen LogP contribution is -2.12. The highest BCUT2D eigenvalue weighted by Crippen LogP contribution is 2.40. The lowest BCUT2D eigenvalue weighted by Gasteiger charge is -2.28. The molecule has 0 unspecified atom stereocenters. The fraction of sp³-hybridized carbons (Fsp3) is 0.120. The van der Waals surface area contributed by atoms with Crippen LogP contribution in [0.3, 0.4) is 0 Å². The Morgan fingerprint density at radius 1 is 0.329 bits per heavy atom. The molecule has 0 aliphatic heterocycles. The van der Waals surface area contributed by atoms with Crippen LogP contribution in [0.4, 0.5) is 51.2 Å². The summed E-state index contributed by atoms with van der Waals surface area (Å²) in [7, 11) is 0. The van der Waals surface area contributed by atoms with Crippen molar-refractivity contribution in [2.45, 2.75) is 53.9 Å². The summed E-state index contributed by atoms with van der Waals surface area (Å²) in [5, 5.41) is 2.46. The number of hydrogen-bond donors (Lipinski definition) is 0. The Kier molecular flexibility index (Phi) is 17.2. The zero-order valence-corrected chi connectivity index (χ0v) is 46.1. The van der Waals surface area contributed by atoms with Crippen molar-refractivity contribution in [2.24, 2.45) is 0 Å². The Morgan fingerprint density at radius 2 is 0.696 bits per heavy atom. The predicted molar refractivity (Wildman–Crippen MR) is 341 cm³/mol. The van der Waals surface area contributed by atoms with Crippen molar-refractivity contribution in [3.8, 4) is 5.75 Å². The van der Waals surface area contributed by atoms with Gasteiger partial charge in [-0.1, -0.05) is 190 Å². The minimum atomic E-state index is 0.626.